The molecular formula is C35H60ClN. The lowest BCUT2D eigenvalue weighted by Crippen LogP contribution is -3.00. The van der Waals surface area contributed by atoms with Crippen LogP contribution in [-0.4, -0.2) is 24.1 Å². The zero-order valence-corrected chi connectivity index (χ0v) is 25.7. The second kappa shape index (κ2) is 21.8. The highest BCUT2D eigenvalue weighted by atomic mass is 35.5. The average molecular weight is 530 g/mol. The average Bonchev–Trinajstić information content (AvgIpc) is 2.90. The topological polar surface area (TPSA) is 0 Å². The van der Waals surface area contributed by atoms with E-state index >= 15 is 0 Å². The van der Waals surface area contributed by atoms with Crippen LogP contribution in [0.5, 0.6) is 0 Å². The normalized spacial score (nSPS) is 11.6. The third-order valence-corrected chi connectivity index (χ3v) is 8.34. The van der Waals surface area contributed by atoms with Crippen molar-refractivity contribution in [2.24, 2.45) is 0 Å². The molecule has 0 aromatic heterocycles. The van der Waals surface area contributed by atoms with Gasteiger partial charge in [0.2, 0.25) is 0 Å². The Labute approximate surface area is 237 Å². The molecule has 0 heterocycles. The maximum Gasteiger partial charge on any atom is 0.105 e. The fraction of sp³-hybridized carbons (Fsp3) is 0.714. The van der Waals surface area contributed by atoms with Gasteiger partial charge in [-0.1, -0.05) is 140 Å². The number of halogens is 1. The highest BCUT2D eigenvalue weighted by molar-refractivity contribution is 5.85. The van der Waals surface area contributed by atoms with E-state index in [0.717, 1.165) is 0 Å². The van der Waals surface area contributed by atoms with E-state index in [4.69, 9.17) is 0 Å². The monoisotopic (exact) mass is 529 g/mol. The third-order valence-electron chi connectivity index (χ3n) is 8.34. The van der Waals surface area contributed by atoms with Crippen LogP contribution < -0.4 is 12.4 Å². The predicted octanol–water partition coefficient (Wildman–Crippen LogP) is 8.24. The summed E-state index contributed by atoms with van der Waals surface area (Å²) in [7, 11) is 0. The fourth-order valence-corrected chi connectivity index (χ4v) is 6.05. The summed E-state index contributed by atoms with van der Waals surface area (Å²) >= 11 is 0. The molecule has 0 spiro atoms. The van der Waals surface area contributed by atoms with E-state index in [1.807, 2.05) is 0 Å². The van der Waals surface area contributed by atoms with Crippen molar-refractivity contribution in [1.29, 1.82) is 0 Å². The van der Waals surface area contributed by atoms with Crippen molar-refractivity contribution in [2.75, 3.05) is 19.6 Å². The Morgan fingerprint density at radius 1 is 0.459 bits per heavy atom. The van der Waals surface area contributed by atoms with Gasteiger partial charge in [0.05, 0.1) is 19.6 Å². The van der Waals surface area contributed by atoms with E-state index in [2.05, 4.69) is 63.2 Å². The highest BCUT2D eigenvalue weighted by Crippen LogP contribution is 2.26. The van der Waals surface area contributed by atoms with Gasteiger partial charge in [-0.25, -0.2) is 0 Å². The first-order valence-electron chi connectivity index (χ1n) is 16.1. The van der Waals surface area contributed by atoms with Gasteiger partial charge in [0, 0.05) is 5.56 Å². The van der Waals surface area contributed by atoms with Crippen molar-refractivity contribution in [3.8, 4) is 0 Å². The molecule has 0 unspecified atom stereocenters. The van der Waals surface area contributed by atoms with Gasteiger partial charge in [0.25, 0.3) is 0 Å². The van der Waals surface area contributed by atoms with E-state index in [9.17, 15) is 0 Å². The summed E-state index contributed by atoms with van der Waals surface area (Å²) in [5.41, 5.74) is 1.58. The van der Waals surface area contributed by atoms with Gasteiger partial charge in [0.1, 0.15) is 6.54 Å². The molecule has 0 aliphatic carbocycles. The minimum atomic E-state index is 0. The van der Waals surface area contributed by atoms with Crippen LogP contribution in [0, 0.1) is 0 Å². The first-order valence-corrected chi connectivity index (χ1v) is 16.1. The van der Waals surface area contributed by atoms with E-state index in [1.54, 1.807) is 5.56 Å². The summed E-state index contributed by atoms with van der Waals surface area (Å²) < 4.78 is 1.32. The molecule has 2 heteroatoms. The quantitative estimate of drug-likeness (QED) is 0.100. The molecule has 37 heavy (non-hydrogen) atoms. The lowest BCUT2D eigenvalue weighted by atomic mass is 10.0. The molecule has 0 aliphatic rings. The highest BCUT2D eigenvalue weighted by Gasteiger charge is 2.27. The smallest absolute Gasteiger partial charge is 0.105 e. The van der Waals surface area contributed by atoms with Crippen molar-refractivity contribution in [1.82, 2.24) is 0 Å². The minimum Gasteiger partial charge on any atom is -1.00 e. The Morgan fingerprint density at radius 2 is 0.865 bits per heavy atom. The summed E-state index contributed by atoms with van der Waals surface area (Å²) in [6.07, 6.45) is 25.3. The van der Waals surface area contributed by atoms with Crippen molar-refractivity contribution in [2.45, 2.75) is 143 Å². The van der Waals surface area contributed by atoms with Crippen LogP contribution in [0.4, 0.5) is 0 Å². The van der Waals surface area contributed by atoms with Crippen LogP contribution in [-0.2, 0) is 6.54 Å². The van der Waals surface area contributed by atoms with Crippen molar-refractivity contribution >= 4 is 10.8 Å². The molecule has 0 fully saturated rings. The number of nitrogens with zero attached hydrogens (tertiary/aromatic N) is 1. The van der Waals surface area contributed by atoms with Crippen LogP contribution in [0.1, 0.15) is 142 Å². The Bertz CT molecular complexity index is 740. The fourth-order valence-electron chi connectivity index (χ4n) is 6.05. The first kappa shape index (κ1) is 34.0. The molecule has 0 saturated carbocycles. The van der Waals surface area contributed by atoms with Gasteiger partial charge >= 0.3 is 0 Å². The Morgan fingerprint density at radius 3 is 1.35 bits per heavy atom. The maximum absolute atomic E-state index is 2.43. The third kappa shape index (κ3) is 14.1. The molecule has 0 radical (unpaired) electrons. The summed E-state index contributed by atoms with van der Waals surface area (Å²) in [5.74, 6) is 0. The standard InChI is InChI=1S/C35H60N.ClH/c1-4-7-10-13-16-21-29-36(30-22-17-14-11-8-5-2,31-23-18-15-12-9-6-3)32-34-27-24-26-33-25-19-20-28-35(33)34;/h19-20,24-28H,4-18,21-23,29-32H2,1-3H3;1H/q+1;/p-1. The summed E-state index contributed by atoms with van der Waals surface area (Å²) in [5, 5.41) is 2.89. The summed E-state index contributed by atoms with van der Waals surface area (Å²) in [4.78, 5) is 0. The molecule has 0 amide bonds. The Kier molecular flexibility index (Phi) is 20.1. The molecule has 1 nitrogen and oxygen atoms in total. The van der Waals surface area contributed by atoms with Crippen molar-refractivity contribution in [3.05, 3.63) is 48.0 Å². The number of fused-ring (bicyclic) bond motifs is 1. The van der Waals surface area contributed by atoms with Crippen molar-refractivity contribution in [3.63, 3.8) is 0 Å². The lowest BCUT2D eigenvalue weighted by Gasteiger charge is -2.40. The van der Waals surface area contributed by atoms with Gasteiger partial charge < -0.3 is 16.9 Å². The lowest BCUT2D eigenvalue weighted by molar-refractivity contribution is -0.941. The van der Waals surface area contributed by atoms with Gasteiger partial charge in [-0.3, -0.25) is 0 Å². The van der Waals surface area contributed by atoms with Crippen LogP contribution in [0.2, 0.25) is 0 Å². The second-order valence-electron chi connectivity index (χ2n) is 11.6. The molecule has 0 aliphatic heterocycles. The van der Waals surface area contributed by atoms with E-state index in [0.29, 0.717) is 0 Å². The van der Waals surface area contributed by atoms with E-state index in [-0.39, 0.29) is 12.4 Å². The minimum absolute atomic E-state index is 0. The molecule has 2 rings (SSSR count). The predicted molar refractivity (Wildman–Crippen MR) is 163 cm³/mol. The molecule has 2 aromatic carbocycles. The van der Waals surface area contributed by atoms with Crippen LogP contribution in [0.15, 0.2) is 42.5 Å². The number of rotatable bonds is 23. The van der Waals surface area contributed by atoms with Gasteiger partial charge in [-0.15, -0.1) is 0 Å². The SMILES string of the molecule is CCCCCCCC[N+](CCCCCCCC)(CCCCCCCC)Cc1cccc2ccccc12.[Cl-]. The van der Waals surface area contributed by atoms with E-state index < -0.39 is 0 Å². The molecule has 0 bridgehead atoms. The Balaban J connectivity index is 0.00000684. The zero-order valence-electron chi connectivity index (χ0n) is 24.9. The molecule has 0 N–H and O–H groups in total. The summed E-state index contributed by atoms with van der Waals surface area (Å²) in [6.45, 7) is 12.3. The zero-order chi connectivity index (χ0) is 25.7. The molecule has 212 valence electrons. The molecule has 0 saturated heterocycles. The largest absolute Gasteiger partial charge is 1.00 e. The molecular weight excluding hydrogens is 470 g/mol. The first-order chi connectivity index (χ1) is 17.7. The van der Waals surface area contributed by atoms with Gasteiger partial charge in [0.15, 0.2) is 0 Å². The van der Waals surface area contributed by atoms with Crippen LogP contribution >= 0.6 is 0 Å². The van der Waals surface area contributed by atoms with Gasteiger partial charge in [-0.05, 0) is 49.3 Å². The number of hydrogen-bond acceptors (Lipinski definition) is 0. The van der Waals surface area contributed by atoms with E-state index in [1.165, 1.54) is 157 Å². The molecule has 0 atom stereocenters. The van der Waals surface area contributed by atoms with Crippen molar-refractivity contribution < 1.29 is 16.9 Å². The Hall–Kier alpha value is -1.05. The van der Waals surface area contributed by atoms with Gasteiger partial charge in [-0.2, -0.15) is 0 Å². The number of unbranched alkanes of at least 4 members (excludes halogenated alkanes) is 15. The summed E-state index contributed by atoms with van der Waals surface area (Å²) in [6, 6.07) is 16.1. The number of hydrogen-bond donors (Lipinski definition) is 0. The number of benzene rings is 2. The number of quaternary nitrogens is 1. The molecule has 2 aromatic rings. The van der Waals surface area contributed by atoms with Crippen LogP contribution in [0.3, 0.4) is 0 Å². The van der Waals surface area contributed by atoms with Crippen LogP contribution in [0.25, 0.3) is 10.8 Å². The maximum atomic E-state index is 2.43. The second-order valence-corrected chi connectivity index (χ2v) is 11.6.